The molecule has 6 heteroatoms. The Morgan fingerprint density at radius 1 is 1.15 bits per heavy atom. The zero-order chi connectivity index (χ0) is 14.2. The van der Waals surface area contributed by atoms with Crippen molar-refractivity contribution in [2.75, 3.05) is 6.61 Å². The fraction of sp³-hybridized carbons (Fsp3) is 0.143. The van der Waals surface area contributed by atoms with Crippen molar-refractivity contribution in [2.45, 2.75) is 6.42 Å². The summed E-state index contributed by atoms with van der Waals surface area (Å²) >= 11 is 0. The summed E-state index contributed by atoms with van der Waals surface area (Å²) in [6, 6.07) is 13.3. The van der Waals surface area contributed by atoms with Gasteiger partial charge in [-0.2, -0.15) is 0 Å². The SMILES string of the molecule is O=[N+]([O-])c1ccc2c(c1)[P@@](=O)(c1ccccc1)OCC2. The Balaban J connectivity index is 2.21. The van der Waals surface area contributed by atoms with Crippen molar-refractivity contribution >= 4 is 23.7 Å². The van der Waals surface area contributed by atoms with Crippen LogP contribution in [0.1, 0.15) is 5.56 Å². The van der Waals surface area contributed by atoms with Crippen LogP contribution in [-0.2, 0) is 15.5 Å². The maximum Gasteiger partial charge on any atom is 0.270 e. The van der Waals surface area contributed by atoms with Crippen LogP contribution < -0.4 is 10.6 Å². The lowest BCUT2D eigenvalue weighted by Gasteiger charge is -2.26. The average molecular weight is 289 g/mol. The van der Waals surface area contributed by atoms with Crippen LogP contribution in [0.3, 0.4) is 0 Å². The number of nitro groups is 1. The zero-order valence-electron chi connectivity index (χ0n) is 10.6. The summed E-state index contributed by atoms with van der Waals surface area (Å²) in [7, 11) is -3.23. The highest BCUT2D eigenvalue weighted by atomic mass is 31.2. The smallest absolute Gasteiger partial charge is 0.270 e. The Bertz CT molecular complexity index is 714. The largest absolute Gasteiger partial charge is 0.322 e. The Morgan fingerprint density at radius 3 is 2.60 bits per heavy atom. The molecule has 0 bridgehead atoms. The molecule has 2 aromatic carbocycles. The van der Waals surface area contributed by atoms with Crippen LogP contribution in [0.15, 0.2) is 48.5 Å². The van der Waals surface area contributed by atoms with E-state index < -0.39 is 12.3 Å². The first-order chi connectivity index (χ1) is 9.61. The number of nitro benzene ring substituents is 1. The van der Waals surface area contributed by atoms with E-state index in [0.717, 1.165) is 5.56 Å². The van der Waals surface area contributed by atoms with Gasteiger partial charge in [0.1, 0.15) is 0 Å². The minimum absolute atomic E-state index is 0.0644. The third-order valence-electron chi connectivity index (χ3n) is 3.34. The van der Waals surface area contributed by atoms with E-state index in [1.54, 1.807) is 30.3 Å². The molecule has 5 nitrogen and oxygen atoms in total. The standard InChI is InChI=1S/C14H12NO4P/c16-15(17)12-7-6-11-8-9-19-20(18,14(11)10-12)13-4-2-1-3-5-13/h1-7,10H,8-9H2/t20-/m1/s1. The number of non-ortho nitro benzene ring substituents is 1. The highest BCUT2D eigenvalue weighted by Gasteiger charge is 2.35. The lowest BCUT2D eigenvalue weighted by Crippen LogP contribution is -2.27. The van der Waals surface area contributed by atoms with Crippen molar-refractivity contribution < 1.29 is 14.0 Å². The lowest BCUT2D eigenvalue weighted by atomic mass is 10.1. The molecule has 0 spiro atoms. The molecule has 0 saturated heterocycles. The van der Waals surface area contributed by atoms with E-state index in [2.05, 4.69) is 0 Å². The van der Waals surface area contributed by atoms with Crippen molar-refractivity contribution in [1.29, 1.82) is 0 Å². The van der Waals surface area contributed by atoms with Gasteiger partial charge in [-0.05, 0) is 24.1 Å². The average Bonchev–Trinajstić information content (AvgIpc) is 2.48. The van der Waals surface area contributed by atoms with Crippen molar-refractivity contribution in [3.05, 3.63) is 64.2 Å². The van der Waals surface area contributed by atoms with Gasteiger partial charge in [0.05, 0.1) is 16.8 Å². The van der Waals surface area contributed by atoms with Crippen molar-refractivity contribution in [3.8, 4) is 0 Å². The Labute approximate surface area is 115 Å². The summed E-state index contributed by atoms with van der Waals surface area (Å²) in [6.07, 6.45) is 0.615. The van der Waals surface area contributed by atoms with Gasteiger partial charge < -0.3 is 4.52 Å². The molecule has 0 fully saturated rings. The fourth-order valence-corrected chi connectivity index (χ4v) is 4.69. The zero-order valence-corrected chi connectivity index (χ0v) is 11.5. The van der Waals surface area contributed by atoms with Crippen LogP contribution in [0.25, 0.3) is 0 Å². The molecule has 1 aliphatic heterocycles. The molecule has 0 aromatic heterocycles. The Morgan fingerprint density at radius 2 is 1.90 bits per heavy atom. The molecule has 0 radical (unpaired) electrons. The molecule has 0 N–H and O–H groups in total. The first-order valence-corrected chi connectivity index (χ1v) is 7.82. The predicted octanol–water partition coefficient (Wildman–Crippen LogP) is 2.40. The van der Waals surface area contributed by atoms with Crippen LogP contribution in [-0.4, -0.2) is 11.5 Å². The number of benzene rings is 2. The second-order valence-corrected chi connectivity index (χ2v) is 6.90. The van der Waals surface area contributed by atoms with E-state index in [4.69, 9.17) is 4.52 Å². The summed E-state index contributed by atoms with van der Waals surface area (Å²) < 4.78 is 18.7. The van der Waals surface area contributed by atoms with Crippen LogP contribution >= 0.6 is 7.37 Å². The normalized spacial score (nSPS) is 21.2. The third kappa shape index (κ3) is 2.05. The van der Waals surface area contributed by atoms with E-state index in [1.807, 2.05) is 6.07 Å². The van der Waals surface area contributed by atoms with E-state index in [1.165, 1.54) is 12.1 Å². The van der Waals surface area contributed by atoms with E-state index >= 15 is 0 Å². The van der Waals surface area contributed by atoms with Crippen molar-refractivity contribution in [3.63, 3.8) is 0 Å². The van der Waals surface area contributed by atoms with Gasteiger partial charge in [-0.1, -0.05) is 24.3 Å². The fourth-order valence-electron chi connectivity index (χ4n) is 2.34. The molecule has 0 unspecified atom stereocenters. The van der Waals surface area contributed by atoms with Gasteiger partial charge in [0.25, 0.3) is 13.1 Å². The minimum atomic E-state index is -3.23. The third-order valence-corrected chi connectivity index (χ3v) is 5.91. The van der Waals surface area contributed by atoms with Gasteiger partial charge in [-0.15, -0.1) is 0 Å². The number of rotatable bonds is 2. The van der Waals surface area contributed by atoms with Gasteiger partial charge in [0.2, 0.25) is 0 Å². The molecule has 0 amide bonds. The highest BCUT2D eigenvalue weighted by molar-refractivity contribution is 7.74. The van der Waals surface area contributed by atoms with Crippen LogP contribution in [0.2, 0.25) is 0 Å². The van der Waals surface area contributed by atoms with Crippen LogP contribution in [0.5, 0.6) is 0 Å². The number of hydrogen-bond donors (Lipinski definition) is 0. The Kier molecular flexibility index (Phi) is 3.16. The van der Waals surface area contributed by atoms with Crippen molar-refractivity contribution in [2.24, 2.45) is 0 Å². The summed E-state index contributed by atoms with van der Waals surface area (Å²) in [5.74, 6) is 0. The molecule has 1 heterocycles. The van der Waals surface area contributed by atoms with Gasteiger partial charge in [-0.3, -0.25) is 14.7 Å². The Hall–Kier alpha value is -1.97. The van der Waals surface area contributed by atoms with Gasteiger partial charge in [-0.25, -0.2) is 0 Å². The highest BCUT2D eigenvalue weighted by Crippen LogP contribution is 2.48. The predicted molar refractivity (Wildman–Crippen MR) is 76.1 cm³/mol. The summed E-state index contributed by atoms with van der Waals surface area (Å²) in [5.41, 5.74) is 0.791. The summed E-state index contributed by atoms with van der Waals surface area (Å²) in [4.78, 5) is 10.4. The van der Waals surface area contributed by atoms with Crippen molar-refractivity contribution in [1.82, 2.24) is 0 Å². The van der Waals surface area contributed by atoms with E-state index in [0.29, 0.717) is 23.6 Å². The van der Waals surface area contributed by atoms with E-state index in [-0.39, 0.29) is 5.69 Å². The molecule has 0 aliphatic carbocycles. The number of fused-ring (bicyclic) bond motifs is 1. The maximum atomic E-state index is 13.2. The lowest BCUT2D eigenvalue weighted by molar-refractivity contribution is -0.384. The number of nitrogens with zero attached hydrogens (tertiary/aromatic N) is 1. The first kappa shape index (κ1) is 13.0. The molecule has 20 heavy (non-hydrogen) atoms. The monoisotopic (exact) mass is 289 g/mol. The second-order valence-electron chi connectivity index (χ2n) is 4.54. The quantitative estimate of drug-likeness (QED) is 0.483. The molecular weight excluding hydrogens is 277 g/mol. The molecule has 2 aromatic rings. The molecule has 1 aliphatic rings. The van der Waals surface area contributed by atoms with Crippen LogP contribution in [0, 0.1) is 10.1 Å². The van der Waals surface area contributed by atoms with Gasteiger partial charge in [0.15, 0.2) is 0 Å². The summed E-state index contributed by atoms with van der Waals surface area (Å²) in [5, 5.41) is 11.9. The molecule has 0 saturated carbocycles. The molecule has 1 atom stereocenters. The molecular formula is C14H12NO4P. The second kappa shape index (κ2) is 4.85. The number of hydrogen-bond acceptors (Lipinski definition) is 4. The summed E-state index contributed by atoms with van der Waals surface area (Å²) in [6.45, 7) is 0.358. The van der Waals surface area contributed by atoms with Gasteiger partial charge in [0, 0.05) is 17.4 Å². The van der Waals surface area contributed by atoms with Gasteiger partial charge >= 0.3 is 0 Å². The molecule has 102 valence electrons. The molecule has 3 rings (SSSR count). The maximum absolute atomic E-state index is 13.2. The first-order valence-electron chi connectivity index (χ1n) is 6.19. The topological polar surface area (TPSA) is 69.4 Å². The minimum Gasteiger partial charge on any atom is -0.322 e. The van der Waals surface area contributed by atoms with Crippen LogP contribution in [0.4, 0.5) is 5.69 Å². The van der Waals surface area contributed by atoms with E-state index in [9.17, 15) is 14.7 Å².